The number of hydrogen-bond donors (Lipinski definition) is 2. The number of nitrogens with zero attached hydrogens (tertiary/aromatic N) is 1. The molecule has 5 nitrogen and oxygen atoms in total. The molecule has 122 valence electrons. The maximum Gasteiger partial charge on any atom is 0.273 e. The number of aromatic nitrogens is 1. The summed E-state index contributed by atoms with van der Waals surface area (Å²) in [5, 5.41) is 7.15. The highest BCUT2D eigenvalue weighted by atomic mass is 16.5. The molecule has 2 unspecified atom stereocenters. The van der Waals surface area contributed by atoms with Gasteiger partial charge in [0.25, 0.3) is 5.91 Å². The summed E-state index contributed by atoms with van der Waals surface area (Å²) in [6.07, 6.45) is 5.63. The van der Waals surface area contributed by atoms with Crippen LogP contribution in [-0.2, 0) is 5.41 Å². The number of carbonyl (C=O) groups is 1. The van der Waals surface area contributed by atoms with Crippen LogP contribution in [0.5, 0.6) is 0 Å². The van der Waals surface area contributed by atoms with E-state index >= 15 is 0 Å². The van der Waals surface area contributed by atoms with Gasteiger partial charge in [-0.2, -0.15) is 0 Å². The molecule has 5 heteroatoms. The van der Waals surface area contributed by atoms with Crippen LogP contribution in [0.3, 0.4) is 0 Å². The normalized spacial score (nSPS) is 31.8. The maximum absolute atomic E-state index is 12.5. The molecule has 2 atom stereocenters. The second-order valence-electron chi connectivity index (χ2n) is 8.01. The van der Waals surface area contributed by atoms with Crippen molar-refractivity contribution in [2.45, 2.75) is 70.4 Å². The molecule has 0 spiro atoms. The Morgan fingerprint density at radius 1 is 1.32 bits per heavy atom. The molecule has 1 amide bonds. The molecule has 3 rings (SSSR count). The van der Waals surface area contributed by atoms with Crippen LogP contribution in [0.25, 0.3) is 0 Å². The molecule has 2 fully saturated rings. The minimum Gasteiger partial charge on any atom is -0.360 e. The van der Waals surface area contributed by atoms with Gasteiger partial charge < -0.3 is 15.6 Å². The molecule has 2 aliphatic carbocycles. The van der Waals surface area contributed by atoms with Crippen LogP contribution in [0.2, 0.25) is 0 Å². The standard InChI is InChI=1S/C17H27N3O2/c1-17(2,3)14-9-13(20-22-14)16(21)19-15-10-5-4-6-11(15)8-12(18)7-10/h9-12,15H,4-8,18H2,1-3H3,(H,19,21). The molecule has 1 aromatic rings. The predicted molar refractivity (Wildman–Crippen MR) is 84.5 cm³/mol. The number of amides is 1. The van der Waals surface area contributed by atoms with E-state index in [4.69, 9.17) is 10.3 Å². The van der Waals surface area contributed by atoms with Crippen molar-refractivity contribution in [2.75, 3.05) is 0 Å². The van der Waals surface area contributed by atoms with Crippen molar-refractivity contribution in [3.8, 4) is 0 Å². The number of nitrogens with one attached hydrogen (secondary N) is 1. The molecule has 0 saturated heterocycles. The smallest absolute Gasteiger partial charge is 0.273 e. The van der Waals surface area contributed by atoms with Crippen LogP contribution in [0.15, 0.2) is 10.6 Å². The molecule has 2 saturated carbocycles. The molecule has 1 aromatic heterocycles. The lowest BCUT2D eigenvalue weighted by Gasteiger charge is -2.45. The quantitative estimate of drug-likeness (QED) is 0.880. The average molecular weight is 305 g/mol. The zero-order valence-electron chi connectivity index (χ0n) is 13.8. The van der Waals surface area contributed by atoms with Gasteiger partial charge in [0.15, 0.2) is 5.69 Å². The van der Waals surface area contributed by atoms with E-state index in [0.717, 1.165) is 18.6 Å². The third-order valence-electron chi connectivity index (χ3n) is 5.16. The third kappa shape index (κ3) is 3.05. The van der Waals surface area contributed by atoms with E-state index in [0.29, 0.717) is 23.6 Å². The molecular weight excluding hydrogens is 278 g/mol. The second kappa shape index (κ2) is 5.69. The van der Waals surface area contributed by atoms with Crippen molar-refractivity contribution in [2.24, 2.45) is 17.6 Å². The molecule has 2 aliphatic rings. The Morgan fingerprint density at radius 3 is 2.50 bits per heavy atom. The van der Waals surface area contributed by atoms with Gasteiger partial charge in [-0.25, -0.2) is 0 Å². The number of rotatable bonds is 2. The molecule has 0 aliphatic heterocycles. The Labute approximate surface area is 132 Å². The monoisotopic (exact) mass is 305 g/mol. The summed E-state index contributed by atoms with van der Waals surface area (Å²) in [7, 11) is 0. The Kier molecular flexibility index (Phi) is 4.02. The number of hydrogen-bond acceptors (Lipinski definition) is 4. The van der Waals surface area contributed by atoms with E-state index < -0.39 is 0 Å². The highest BCUT2D eigenvalue weighted by Crippen LogP contribution is 2.39. The molecule has 0 aromatic carbocycles. The largest absolute Gasteiger partial charge is 0.360 e. The average Bonchev–Trinajstić information content (AvgIpc) is 2.89. The summed E-state index contributed by atoms with van der Waals surface area (Å²) < 4.78 is 5.32. The van der Waals surface area contributed by atoms with Crippen LogP contribution < -0.4 is 11.1 Å². The summed E-state index contributed by atoms with van der Waals surface area (Å²) in [4.78, 5) is 12.5. The number of carbonyl (C=O) groups excluding carboxylic acids is 1. The van der Waals surface area contributed by atoms with E-state index in [-0.39, 0.29) is 17.4 Å². The predicted octanol–water partition coefficient (Wildman–Crippen LogP) is 2.61. The molecular formula is C17H27N3O2. The Bertz CT molecular complexity index is 532. The van der Waals surface area contributed by atoms with Crippen LogP contribution in [0.4, 0.5) is 0 Å². The summed E-state index contributed by atoms with van der Waals surface area (Å²) >= 11 is 0. The highest BCUT2D eigenvalue weighted by molar-refractivity contribution is 5.92. The van der Waals surface area contributed by atoms with Crippen LogP contribution in [-0.4, -0.2) is 23.1 Å². The first-order valence-electron chi connectivity index (χ1n) is 8.38. The lowest BCUT2D eigenvalue weighted by Crippen LogP contribution is -2.53. The topological polar surface area (TPSA) is 81.2 Å². The van der Waals surface area contributed by atoms with E-state index in [1.54, 1.807) is 6.07 Å². The van der Waals surface area contributed by atoms with E-state index in [2.05, 4.69) is 10.5 Å². The van der Waals surface area contributed by atoms with Crippen LogP contribution in [0.1, 0.15) is 69.1 Å². The molecule has 1 heterocycles. The van der Waals surface area contributed by atoms with Crippen molar-refractivity contribution >= 4 is 5.91 Å². The first-order valence-corrected chi connectivity index (χ1v) is 8.38. The first kappa shape index (κ1) is 15.5. The van der Waals surface area contributed by atoms with Gasteiger partial charge in [-0.3, -0.25) is 4.79 Å². The highest BCUT2D eigenvalue weighted by Gasteiger charge is 2.40. The van der Waals surface area contributed by atoms with Gasteiger partial charge >= 0.3 is 0 Å². The van der Waals surface area contributed by atoms with Crippen molar-refractivity contribution in [1.29, 1.82) is 0 Å². The fourth-order valence-electron chi connectivity index (χ4n) is 3.99. The van der Waals surface area contributed by atoms with Gasteiger partial charge in [-0.15, -0.1) is 0 Å². The summed E-state index contributed by atoms with van der Waals surface area (Å²) in [6.45, 7) is 6.13. The second-order valence-corrected chi connectivity index (χ2v) is 8.01. The minimum atomic E-state index is -0.139. The van der Waals surface area contributed by atoms with Gasteiger partial charge in [0.2, 0.25) is 0 Å². The van der Waals surface area contributed by atoms with Gasteiger partial charge in [-0.1, -0.05) is 32.3 Å². The molecule has 2 bridgehead atoms. The van der Waals surface area contributed by atoms with E-state index in [9.17, 15) is 4.79 Å². The van der Waals surface area contributed by atoms with Gasteiger partial charge in [-0.05, 0) is 37.5 Å². The number of fused-ring (bicyclic) bond motifs is 2. The Morgan fingerprint density at radius 2 is 1.95 bits per heavy atom. The van der Waals surface area contributed by atoms with Gasteiger partial charge in [0.1, 0.15) is 5.76 Å². The lowest BCUT2D eigenvalue weighted by molar-refractivity contribution is 0.0748. The van der Waals surface area contributed by atoms with Crippen LogP contribution >= 0.6 is 0 Å². The maximum atomic E-state index is 12.5. The zero-order valence-corrected chi connectivity index (χ0v) is 13.8. The fraction of sp³-hybridized carbons (Fsp3) is 0.765. The first-order chi connectivity index (χ1) is 10.3. The zero-order chi connectivity index (χ0) is 15.9. The van der Waals surface area contributed by atoms with Crippen molar-refractivity contribution in [1.82, 2.24) is 10.5 Å². The van der Waals surface area contributed by atoms with Gasteiger partial charge in [0.05, 0.1) is 0 Å². The van der Waals surface area contributed by atoms with Crippen LogP contribution in [0, 0.1) is 11.8 Å². The third-order valence-corrected chi connectivity index (χ3v) is 5.16. The Balaban J connectivity index is 1.70. The fourth-order valence-corrected chi connectivity index (χ4v) is 3.99. The van der Waals surface area contributed by atoms with E-state index in [1.165, 1.54) is 19.3 Å². The molecule has 3 N–H and O–H groups in total. The van der Waals surface area contributed by atoms with E-state index in [1.807, 2.05) is 20.8 Å². The summed E-state index contributed by atoms with van der Waals surface area (Å²) in [5.74, 6) is 1.65. The van der Waals surface area contributed by atoms with Crippen molar-refractivity contribution in [3.05, 3.63) is 17.5 Å². The minimum absolute atomic E-state index is 0.114. The SMILES string of the molecule is CC(C)(C)c1cc(C(=O)NC2C3CCCC2CC(N)C3)no1. The summed E-state index contributed by atoms with van der Waals surface area (Å²) in [6, 6.07) is 2.30. The number of nitrogens with two attached hydrogens (primary N) is 1. The van der Waals surface area contributed by atoms with Crippen molar-refractivity contribution < 1.29 is 9.32 Å². The molecule has 22 heavy (non-hydrogen) atoms. The lowest BCUT2D eigenvalue weighted by atomic mass is 9.67. The van der Waals surface area contributed by atoms with Crippen molar-refractivity contribution in [3.63, 3.8) is 0 Å². The van der Waals surface area contributed by atoms with Gasteiger partial charge in [0, 0.05) is 23.6 Å². The molecule has 0 radical (unpaired) electrons. The summed E-state index contributed by atoms with van der Waals surface area (Å²) in [5.41, 5.74) is 6.39. The Hall–Kier alpha value is -1.36.